The van der Waals surface area contributed by atoms with Crippen LogP contribution in [-0.2, 0) is 20.1 Å². The van der Waals surface area contributed by atoms with Crippen molar-refractivity contribution in [3.05, 3.63) is 65.7 Å². The average Bonchev–Trinajstić information content (AvgIpc) is 3.35. The molecule has 2 aromatic rings. The third-order valence-corrected chi connectivity index (χ3v) is 6.12. The fourth-order valence-electron chi connectivity index (χ4n) is 3.02. The molecule has 1 fully saturated rings. The number of ether oxygens (including phenoxy) is 2. The zero-order chi connectivity index (χ0) is 22.6. The Hall–Kier alpha value is -2.84. The largest absolute Gasteiger partial charge is 0.484 e. The molecular weight excluding hydrogens is 426 g/mol. The summed E-state index contributed by atoms with van der Waals surface area (Å²) in [7, 11) is 0. The summed E-state index contributed by atoms with van der Waals surface area (Å²) >= 11 is 1.56. The number of thioether (sulfide) groups is 1. The molecule has 2 aromatic carbocycles. The van der Waals surface area contributed by atoms with Gasteiger partial charge in [-0.15, -0.1) is 11.8 Å². The van der Waals surface area contributed by atoms with Crippen molar-refractivity contribution < 1.29 is 19.1 Å². The standard InChI is InChI=1S/C24H29N3O4S/c1-18(32-17-20-6-3-2-4-7-20)24(29)27-26-14-19-9-11-21(12-10-19)31-16-23(28)25-15-22-8-5-13-30-22/h2-4,6-7,9-12,14,18,22H,5,8,13,15-17H2,1H3,(H,25,28)(H,27,29)/b26-14-/t18-,22+/m1/s1. The molecule has 7 nitrogen and oxygen atoms in total. The molecule has 0 aliphatic carbocycles. The summed E-state index contributed by atoms with van der Waals surface area (Å²) in [6.07, 6.45) is 3.71. The monoisotopic (exact) mass is 455 g/mol. The van der Waals surface area contributed by atoms with E-state index in [1.54, 1.807) is 30.1 Å². The van der Waals surface area contributed by atoms with Gasteiger partial charge in [0, 0.05) is 18.9 Å². The van der Waals surface area contributed by atoms with Gasteiger partial charge in [-0.2, -0.15) is 5.10 Å². The first kappa shape index (κ1) is 23.8. The highest BCUT2D eigenvalue weighted by molar-refractivity contribution is 7.99. The van der Waals surface area contributed by atoms with Crippen LogP contribution < -0.4 is 15.5 Å². The van der Waals surface area contributed by atoms with Crippen LogP contribution in [0.4, 0.5) is 0 Å². The molecule has 2 atom stereocenters. The van der Waals surface area contributed by atoms with Crippen LogP contribution in [0.1, 0.15) is 30.9 Å². The molecular formula is C24H29N3O4S. The number of carbonyl (C=O) groups is 2. The summed E-state index contributed by atoms with van der Waals surface area (Å²) in [5, 5.41) is 6.64. The van der Waals surface area contributed by atoms with Gasteiger partial charge in [-0.1, -0.05) is 30.3 Å². The number of nitrogens with zero attached hydrogens (tertiary/aromatic N) is 1. The van der Waals surface area contributed by atoms with Crippen molar-refractivity contribution in [1.82, 2.24) is 10.7 Å². The van der Waals surface area contributed by atoms with E-state index in [0.29, 0.717) is 12.3 Å². The normalized spacial score (nSPS) is 16.6. The van der Waals surface area contributed by atoms with Gasteiger partial charge in [0.15, 0.2) is 6.61 Å². The lowest BCUT2D eigenvalue weighted by Crippen LogP contribution is -2.35. The van der Waals surface area contributed by atoms with Crippen LogP contribution >= 0.6 is 11.8 Å². The van der Waals surface area contributed by atoms with Gasteiger partial charge in [0.25, 0.3) is 11.8 Å². The second kappa shape index (κ2) is 12.9. The van der Waals surface area contributed by atoms with Gasteiger partial charge in [-0.25, -0.2) is 5.43 Å². The van der Waals surface area contributed by atoms with Gasteiger partial charge >= 0.3 is 0 Å². The summed E-state index contributed by atoms with van der Waals surface area (Å²) in [6, 6.07) is 17.2. The number of hydrogen-bond acceptors (Lipinski definition) is 6. The Kier molecular flexibility index (Phi) is 9.59. The van der Waals surface area contributed by atoms with Crippen LogP contribution in [0.15, 0.2) is 59.7 Å². The van der Waals surface area contributed by atoms with Crippen LogP contribution in [0.25, 0.3) is 0 Å². The van der Waals surface area contributed by atoms with Crippen LogP contribution in [0, 0.1) is 0 Å². The van der Waals surface area contributed by atoms with Crippen molar-refractivity contribution in [3.63, 3.8) is 0 Å². The van der Waals surface area contributed by atoms with Gasteiger partial charge in [0.2, 0.25) is 0 Å². The Morgan fingerprint density at radius 2 is 2.00 bits per heavy atom. The van der Waals surface area contributed by atoms with E-state index < -0.39 is 0 Å². The van der Waals surface area contributed by atoms with Crippen molar-refractivity contribution in [2.24, 2.45) is 5.10 Å². The lowest BCUT2D eigenvalue weighted by Gasteiger charge is -2.11. The van der Waals surface area contributed by atoms with E-state index in [-0.39, 0.29) is 29.8 Å². The average molecular weight is 456 g/mol. The minimum absolute atomic E-state index is 0.0469. The molecule has 0 aromatic heterocycles. The second-order valence-corrected chi connectivity index (χ2v) is 8.80. The lowest BCUT2D eigenvalue weighted by atomic mass is 10.2. The molecule has 2 amide bonds. The fourth-order valence-corrected chi connectivity index (χ4v) is 3.85. The molecule has 32 heavy (non-hydrogen) atoms. The maximum absolute atomic E-state index is 12.2. The predicted octanol–water partition coefficient (Wildman–Crippen LogP) is 3.13. The van der Waals surface area contributed by atoms with Crippen LogP contribution in [0.2, 0.25) is 0 Å². The topological polar surface area (TPSA) is 89.0 Å². The second-order valence-electron chi connectivity index (χ2n) is 7.47. The van der Waals surface area contributed by atoms with Gasteiger partial charge < -0.3 is 14.8 Å². The zero-order valence-electron chi connectivity index (χ0n) is 18.2. The van der Waals surface area contributed by atoms with Crippen molar-refractivity contribution in [1.29, 1.82) is 0 Å². The first-order chi connectivity index (χ1) is 15.6. The molecule has 0 unspecified atom stereocenters. The first-order valence-corrected chi connectivity index (χ1v) is 11.7. The summed E-state index contributed by atoms with van der Waals surface area (Å²) < 4.78 is 11.0. The van der Waals surface area contributed by atoms with E-state index in [9.17, 15) is 9.59 Å². The maximum atomic E-state index is 12.2. The smallest absolute Gasteiger partial charge is 0.258 e. The maximum Gasteiger partial charge on any atom is 0.258 e. The number of rotatable bonds is 11. The van der Waals surface area contributed by atoms with Crippen LogP contribution in [-0.4, -0.2) is 49.1 Å². The van der Waals surface area contributed by atoms with E-state index in [0.717, 1.165) is 30.8 Å². The number of benzene rings is 2. The molecule has 2 N–H and O–H groups in total. The Bertz CT molecular complexity index is 884. The van der Waals surface area contributed by atoms with Crippen molar-refractivity contribution >= 4 is 29.8 Å². The Morgan fingerprint density at radius 1 is 1.22 bits per heavy atom. The lowest BCUT2D eigenvalue weighted by molar-refractivity contribution is -0.123. The van der Waals surface area contributed by atoms with Crippen molar-refractivity contribution in [3.8, 4) is 5.75 Å². The highest BCUT2D eigenvalue weighted by Crippen LogP contribution is 2.17. The molecule has 0 radical (unpaired) electrons. The predicted molar refractivity (Wildman–Crippen MR) is 127 cm³/mol. The van der Waals surface area contributed by atoms with E-state index in [4.69, 9.17) is 9.47 Å². The number of amides is 2. The highest BCUT2D eigenvalue weighted by atomic mass is 32.2. The van der Waals surface area contributed by atoms with Crippen LogP contribution in [0.3, 0.4) is 0 Å². The molecule has 170 valence electrons. The van der Waals surface area contributed by atoms with Gasteiger partial charge in [0.1, 0.15) is 5.75 Å². The fraction of sp³-hybridized carbons (Fsp3) is 0.375. The van der Waals surface area contributed by atoms with E-state index in [1.807, 2.05) is 49.4 Å². The van der Waals surface area contributed by atoms with E-state index in [1.165, 1.54) is 5.56 Å². The Balaban J connectivity index is 1.34. The summed E-state index contributed by atoms with van der Waals surface area (Å²) in [5.74, 6) is 1.04. The molecule has 3 rings (SSSR count). The van der Waals surface area contributed by atoms with Crippen molar-refractivity contribution in [2.75, 3.05) is 19.8 Å². The molecule has 1 aliphatic heterocycles. The Morgan fingerprint density at radius 3 is 2.72 bits per heavy atom. The third kappa shape index (κ3) is 8.36. The minimum Gasteiger partial charge on any atom is -0.484 e. The molecule has 0 bridgehead atoms. The zero-order valence-corrected chi connectivity index (χ0v) is 19.0. The number of hydrazone groups is 1. The third-order valence-electron chi connectivity index (χ3n) is 4.90. The molecule has 0 spiro atoms. The Labute approximate surface area is 193 Å². The SMILES string of the molecule is C[C@@H](SCc1ccccc1)C(=O)N/N=C\c1ccc(OCC(=O)NC[C@@H]2CCCO2)cc1. The molecule has 1 saturated heterocycles. The highest BCUT2D eigenvalue weighted by Gasteiger charge is 2.16. The first-order valence-electron chi connectivity index (χ1n) is 10.7. The molecule has 8 heteroatoms. The number of hydrogen-bond donors (Lipinski definition) is 2. The van der Waals surface area contributed by atoms with Crippen LogP contribution in [0.5, 0.6) is 5.75 Å². The number of nitrogens with one attached hydrogen (secondary N) is 2. The van der Waals surface area contributed by atoms with Gasteiger partial charge in [0.05, 0.1) is 17.6 Å². The van der Waals surface area contributed by atoms with E-state index in [2.05, 4.69) is 15.8 Å². The molecule has 1 heterocycles. The van der Waals surface area contributed by atoms with Crippen molar-refractivity contribution in [2.45, 2.75) is 36.9 Å². The summed E-state index contributed by atoms with van der Waals surface area (Å²) in [5.41, 5.74) is 4.57. The quantitative estimate of drug-likeness (QED) is 0.401. The summed E-state index contributed by atoms with van der Waals surface area (Å²) in [4.78, 5) is 24.1. The summed E-state index contributed by atoms with van der Waals surface area (Å²) in [6.45, 7) is 3.10. The molecule has 1 aliphatic rings. The van der Waals surface area contributed by atoms with Gasteiger partial charge in [-0.05, 0) is 55.2 Å². The minimum atomic E-state index is -0.213. The van der Waals surface area contributed by atoms with E-state index >= 15 is 0 Å². The molecule has 0 saturated carbocycles. The number of carbonyl (C=O) groups excluding carboxylic acids is 2. The van der Waals surface area contributed by atoms with Gasteiger partial charge in [-0.3, -0.25) is 9.59 Å².